The fourth-order valence-electron chi connectivity index (χ4n) is 5.93. The number of anilines is 1. The zero-order chi connectivity index (χ0) is 28.9. The van der Waals surface area contributed by atoms with Gasteiger partial charge in [-0.25, -0.2) is 13.6 Å². The van der Waals surface area contributed by atoms with Crippen molar-refractivity contribution in [2.24, 2.45) is 0 Å². The first-order valence-corrected chi connectivity index (χ1v) is 14.6. The van der Waals surface area contributed by atoms with Crippen molar-refractivity contribution in [2.45, 2.75) is 57.3 Å². The van der Waals surface area contributed by atoms with Crippen LogP contribution in [-0.2, 0) is 16.1 Å². The standard InChI is InChI=1S/C29H31ClF2N4O3S/c1-6-24(37)36-16(4)11-34(12-17(36)5)28-20-8-15(3)25(19-9-21(30)23(32)10-22(19)31)27-26(20)35(29(38)33-28)13-18(14-40-27)39-7-2/h6,8-10,16-18H,1,7,11-14H2,2-5H3/t16-,17+,18-/m0/s1. The van der Waals surface area contributed by atoms with Gasteiger partial charge in [-0.05, 0) is 51.5 Å². The minimum atomic E-state index is -0.836. The van der Waals surface area contributed by atoms with E-state index in [4.69, 9.17) is 16.3 Å². The fourth-order valence-corrected chi connectivity index (χ4v) is 7.42. The molecule has 7 nitrogen and oxygen atoms in total. The van der Waals surface area contributed by atoms with Crippen molar-refractivity contribution in [1.29, 1.82) is 0 Å². The number of aryl methyl sites for hydroxylation is 1. The number of piperazine rings is 1. The first-order chi connectivity index (χ1) is 19.0. The third-order valence-electron chi connectivity index (χ3n) is 7.52. The molecule has 5 rings (SSSR count). The highest BCUT2D eigenvalue weighted by Gasteiger charge is 2.35. The van der Waals surface area contributed by atoms with Crippen molar-refractivity contribution in [3.05, 3.63) is 63.6 Å². The second kappa shape index (κ2) is 11.1. The Labute approximate surface area is 240 Å². The molecule has 11 heteroatoms. The Hall–Kier alpha value is -2.95. The van der Waals surface area contributed by atoms with Crippen LogP contribution in [0, 0.1) is 18.6 Å². The number of thioether (sulfide) groups is 1. The maximum absolute atomic E-state index is 15.2. The van der Waals surface area contributed by atoms with Crippen LogP contribution in [0.4, 0.5) is 14.6 Å². The molecule has 1 fully saturated rings. The summed E-state index contributed by atoms with van der Waals surface area (Å²) in [6, 6.07) is 3.70. The molecule has 212 valence electrons. The van der Waals surface area contributed by atoms with Crippen LogP contribution in [0.3, 0.4) is 0 Å². The predicted octanol–water partition coefficient (Wildman–Crippen LogP) is 5.43. The van der Waals surface area contributed by atoms with E-state index >= 15 is 4.39 Å². The SMILES string of the molecule is C=CC(=O)N1[C@H](C)CN(c2nc(=O)n3c4c(c(-c5cc(Cl)c(F)cc5F)c(C)cc24)SC[C@@H](OCC)C3)C[C@@H]1C. The minimum Gasteiger partial charge on any atom is -0.376 e. The number of nitrogens with zero attached hydrogens (tertiary/aromatic N) is 4. The summed E-state index contributed by atoms with van der Waals surface area (Å²) in [4.78, 5) is 35.2. The van der Waals surface area contributed by atoms with Crippen LogP contribution in [0.2, 0.25) is 5.02 Å². The first-order valence-electron chi connectivity index (χ1n) is 13.2. The maximum atomic E-state index is 15.2. The van der Waals surface area contributed by atoms with E-state index in [0.717, 1.165) is 17.0 Å². The van der Waals surface area contributed by atoms with Gasteiger partial charge >= 0.3 is 5.69 Å². The van der Waals surface area contributed by atoms with Crippen LogP contribution in [0.25, 0.3) is 22.0 Å². The Morgan fingerprint density at radius 1 is 1.20 bits per heavy atom. The van der Waals surface area contributed by atoms with E-state index < -0.39 is 17.3 Å². The van der Waals surface area contributed by atoms with Gasteiger partial charge in [0.05, 0.1) is 23.2 Å². The molecule has 0 spiro atoms. The minimum absolute atomic E-state index is 0.139. The summed E-state index contributed by atoms with van der Waals surface area (Å²) in [6.07, 6.45) is 1.05. The first kappa shape index (κ1) is 28.6. The molecule has 0 radical (unpaired) electrons. The second-order valence-corrected chi connectivity index (χ2v) is 11.7. The molecular formula is C29H31ClF2N4O3S. The summed E-state index contributed by atoms with van der Waals surface area (Å²) in [5.74, 6) is -0.662. The van der Waals surface area contributed by atoms with Crippen molar-refractivity contribution in [1.82, 2.24) is 14.5 Å². The molecule has 0 aliphatic carbocycles. The molecular weight excluding hydrogens is 558 g/mol. The largest absolute Gasteiger partial charge is 0.376 e. The molecule has 3 aromatic rings. The molecule has 0 unspecified atom stereocenters. The monoisotopic (exact) mass is 588 g/mol. The lowest BCUT2D eigenvalue weighted by atomic mass is 9.97. The van der Waals surface area contributed by atoms with Crippen LogP contribution in [0.5, 0.6) is 0 Å². The normalized spacial score (nSPS) is 21.0. The lowest BCUT2D eigenvalue weighted by molar-refractivity contribution is -0.130. The number of benzene rings is 2. The summed E-state index contributed by atoms with van der Waals surface area (Å²) < 4.78 is 36.8. The van der Waals surface area contributed by atoms with Gasteiger partial charge in [-0.1, -0.05) is 18.2 Å². The van der Waals surface area contributed by atoms with Crippen LogP contribution < -0.4 is 10.6 Å². The third kappa shape index (κ3) is 4.90. The Morgan fingerprint density at radius 3 is 2.55 bits per heavy atom. The number of amides is 1. The van der Waals surface area contributed by atoms with Gasteiger partial charge < -0.3 is 14.5 Å². The quantitative estimate of drug-likeness (QED) is 0.293. The van der Waals surface area contributed by atoms with E-state index in [-0.39, 0.29) is 34.7 Å². The van der Waals surface area contributed by atoms with Crippen molar-refractivity contribution in [3.8, 4) is 11.1 Å². The number of rotatable bonds is 5. The molecule has 3 heterocycles. The molecule has 3 atom stereocenters. The Kier molecular flexibility index (Phi) is 7.96. The van der Waals surface area contributed by atoms with E-state index in [2.05, 4.69) is 11.6 Å². The maximum Gasteiger partial charge on any atom is 0.350 e. The highest BCUT2D eigenvalue weighted by Crippen LogP contribution is 2.45. The molecule has 1 saturated heterocycles. The topological polar surface area (TPSA) is 67.7 Å². The molecule has 40 heavy (non-hydrogen) atoms. The van der Waals surface area contributed by atoms with Gasteiger partial charge in [0.15, 0.2) is 0 Å². The summed E-state index contributed by atoms with van der Waals surface area (Å²) in [7, 11) is 0. The summed E-state index contributed by atoms with van der Waals surface area (Å²) in [6.45, 7) is 13.0. The van der Waals surface area contributed by atoms with Crippen LogP contribution in [-0.4, -0.2) is 64.0 Å². The van der Waals surface area contributed by atoms with E-state index in [1.54, 1.807) is 9.47 Å². The smallest absolute Gasteiger partial charge is 0.350 e. The Bertz CT molecular complexity index is 1570. The van der Waals surface area contributed by atoms with Gasteiger partial charge in [0.25, 0.3) is 0 Å². The fraction of sp³-hybridized carbons (Fsp3) is 0.414. The number of carbonyl (C=O) groups is 1. The van der Waals surface area contributed by atoms with Crippen molar-refractivity contribution in [2.75, 3.05) is 30.3 Å². The Balaban J connectivity index is 1.76. The van der Waals surface area contributed by atoms with Crippen molar-refractivity contribution in [3.63, 3.8) is 0 Å². The van der Waals surface area contributed by atoms with Crippen LogP contribution >= 0.6 is 23.4 Å². The number of aromatic nitrogens is 2. The lowest BCUT2D eigenvalue weighted by Crippen LogP contribution is -2.58. The summed E-state index contributed by atoms with van der Waals surface area (Å²) in [5, 5.41) is 0.564. The molecule has 0 N–H and O–H groups in total. The van der Waals surface area contributed by atoms with Crippen LogP contribution in [0.15, 0.2) is 40.5 Å². The second-order valence-electron chi connectivity index (χ2n) is 10.3. The highest BCUT2D eigenvalue weighted by atomic mass is 35.5. The van der Waals surface area contributed by atoms with Gasteiger partial charge in [0, 0.05) is 65.0 Å². The zero-order valence-electron chi connectivity index (χ0n) is 22.8. The highest BCUT2D eigenvalue weighted by molar-refractivity contribution is 7.99. The van der Waals surface area contributed by atoms with Gasteiger partial charge in [0.1, 0.15) is 17.5 Å². The van der Waals surface area contributed by atoms with E-state index in [1.165, 1.54) is 23.9 Å². The lowest BCUT2D eigenvalue weighted by Gasteiger charge is -2.44. The summed E-state index contributed by atoms with van der Waals surface area (Å²) in [5.41, 5.74) is 1.66. The van der Waals surface area contributed by atoms with E-state index in [9.17, 15) is 14.0 Å². The number of carbonyl (C=O) groups excluding carboxylic acids is 1. The van der Waals surface area contributed by atoms with Crippen LogP contribution in [0.1, 0.15) is 26.3 Å². The van der Waals surface area contributed by atoms with Gasteiger partial charge in [0.2, 0.25) is 5.91 Å². The molecule has 2 aromatic carbocycles. The molecule has 2 aliphatic rings. The average molecular weight is 589 g/mol. The number of ether oxygens (including phenoxy) is 1. The molecule has 0 saturated carbocycles. The van der Waals surface area contributed by atoms with Gasteiger partial charge in [-0.3, -0.25) is 9.36 Å². The Morgan fingerprint density at radius 2 is 1.90 bits per heavy atom. The van der Waals surface area contributed by atoms with E-state index in [0.29, 0.717) is 53.8 Å². The number of hydrogen-bond acceptors (Lipinski definition) is 6. The number of hydrogen-bond donors (Lipinski definition) is 0. The molecule has 0 bridgehead atoms. The van der Waals surface area contributed by atoms with Crippen molar-refractivity contribution >= 4 is 46.0 Å². The van der Waals surface area contributed by atoms with Gasteiger partial charge in [-0.2, -0.15) is 4.98 Å². The summed E-state index contributed by atoms with van der Waals surface area (Å²) >= 11 is 7.57. The number of halogens is 3. The van der Waals surface area contributed by atoms with Gasteiger partial charge in [-0.15, -0.1) is 11.8 Å². The van der Waals surface area contributed by atoms with E-state index in [1.807, 2.05) is 38.7 Å². The predicted molar refractivity (Wildman–Crippen MR) is 155 cm³/mol. The molecule has 1 amide bonds. The average Bonchev–Trinajstić information content (AvgIpc) is 3.09. The third-order valence-corrected chi connectivity index (χ3v) is 9.04. The zero-order valence-corrected chi connectivity index (χ0v) is 24.4. The molecule has 2 aliphatic heterocycles. The molecule has 1 aromatic heterocycles. The van der Waals surface area contributed by atoms with Crippen molar-refractivity contribution < 1.29 is 18.3 Å².